The molecule has 0 aromatic heterocycles. The molecule has 1 unspecified atom stereocenters. The molecule has 0 rings (SSSR count). The van der Waals surface area contributed by atoms with E-state index >= 15 is 0 Å². The zero-order valence-electron chi connectivity index (χ0n) is 14.2. The minimum absolute atomic E-state index is 0.0169. The second kappa shape index (κ2) is 8.30. The van der Waals surface area contributed by atoms with Gasteiger partial charge in [-0.2, -0.15) is 0 Å². The molecular weight excluding hydrogens is 293 g/mol. The summed E-state index contributed by atoms with van der Waals surface area (Å²) in [4.78, 5) is 9.51. The summed E-state index contributed by atoms with van der Waals surface area (Å²) >= 11 is 0. The Hall–Kier alpha value is -0.390. The van der Waals surface area contributed by atoms with Crippen molar-refractivity contribution >= 4 is 7.82 Å². The van der Waals surface area contributed by atoms with E-state index in [4.69, 9.17) is 13.8 Å². The number of hydrogen-bond donors (Lipinski definition) is 1. The first-order valence-electron chi connectivity index (χ1n) is 7.14. The van der Waals surface area contributed by atoms with Crippen LogP contribution in [0.4, 0.5) is 0 Å². The number of ether oxygens (including phenoxy) is 1. The Morgan fingerprint density at radius 1 is 1.19 bits per heavy atom. The van der Waals surface area contributed by atoms with Crippen molar-refractivity contribution in [3.8, 4) is 0 Å². The summed E-state index contributed by atoms with van der Waals surface area (Å²) in [7, 11) is 1.92. The van der Waals surface area contributed by atoms with Crippen molar-refractivity contribution in [3.63, 3.8) is 0 Å². The van der Waals surface area contributed by atoms with E-state index in [-0.39, 0.29) is 25.2 Å². The fraction of sp³-hybridized carbons (Fsp3) is 0.857. The highest BCUT2D eigenvalue weighted by molar-refractivity contribution is 7.47. The molecule has 0 heterocycles. The van der Waals surface area contributed by atoms with Crippen molar-refractivity contribution < 1.29 is 27.7 Å². The lowest BCUT2D eigenvalue weighted by atomic mass is 9.88. The first kappa shape index (κ1) is 20.6. The van der Waals surface area contributed by atoms with Crippen molar-refractivity contribution in [1.82, 2.24) is 0 Å². The lowest BCUT2D eigenvalue weighted by Crippen LogP contribution is -2.37. The van der Waals surface area contributed by atoms with Crippen molar-refractivity contribution in [1.29, 1.82) is 0 Å². The molecule has 0 amide bonds. The van der Waals surface area contributed by atoms with E-state index in [0.29, 0.717) is 16.8 Å². The van der Waals surface area contributed by atoms with Crippen LogP contribution in [0.2, 0.25) is 0 Å². The summed E-state index contributed by atoms with van der Waals surface area (Å²) < 4.78 is 27.5. The fourth-order valence-electron chi connectivity index (χ4n) is 1.18. The molecular formula is C14H31NO5P+. The monoisotopic (exact) mass is 324 g/mol. The van der Waals surface area contributed by atoms with Crippen LogP contribution in [0, 0.1) is 5.41 Å². The molecule has 0 aromatic rings. The SMILES string of the molecule is C=C(OCCOP(=O)(O)OCC[N+](C)(C)C)C(C)(C)CC. The lowest BCUT2D eigenvalue weighted by Gasteiger charge is -2.25. The van der Waals surface area contributed by atoms with Gasteiger partial charge in [0.15, 0.2) is 0 Å². The number of phosphoric acid groups is 1. The largest absolute Gasteiger partial charge is 0.496 e. The van der Waals surface area contributed by atoms with E-state index in [9.17, 15) is 9.46 Å². The summed E-state index contributed by atoms with van der Waals surface area (Å²) in [6.07, 6.45) is 0.902. The Bertz CT molecular complexity index is 376. The Morgan fingerprint density at radius 3 is 2.19 bits per heavy atom. The highest BCUT2D eigenvalue weighted by Gasteiger charge is 2.24. The molecule has 0 fully saturated rings. The Balaban J connectivity index is 3.95. The van der Waals surface area contributed by atoms with Crippen LogP contribution in [0.25, 0.3) is 0 Å². The predicted molar refractivity (Wildman–Crippen MR) is 83.8 cm³/mol. The summed E-state index contributed by atoms with van der Waals surface area (Å²) in [6, 6.07) is 0. The number of phosphoric ester groups is 1. The molecule has 126 valence electrons. The van der Waals surface area contributed by atoms with Gasteiger partial charge in [0.25, 0.3) is 0 Å². The highest BCUT2D eigenvalue weighted by Crippen LogP contribution is 2.42. The average molecular weight is 324 g/mol. The molecule has 7 heteroatoms. The van der Waals surface area contributed by atoms with Crippen LogP contribution in [0.15, 0.2) is 12.3 Å². The standard InChI is InChI=1S/C14H30NO5P/c1-8-14(3,4)13(2)18-11-12-20-21(16,17)19-10-9-15(5,6)7/h2,8-12H2,1,3-7H3/p+1. The van der Waals surface area contributed by atoms with E-state index in [1.165, 1.54) is 0 Å². The molecule has 0 saturated heterocycles. The van der Waals surface area contributed by atoms with Gasteiger partial charge in [-0.1, -0.05) is 27.4 Å². The van der Waals surface area contributed by atoms with Crippen LogP contribution in [0.1, 0.15) is 27.2 Å². The van der Waals surface area contributed by atoms with Crippen molar-refractivity contribution in [3.05, 3.63) is 12.3 Å². The van der Waals surface area contributed by atoms with Gasteiger partial charge in [-0.3, -0.25) is 9.05 Å². The van der Waals surface area contributed by atoms with E-state index in [1.807, 2.05) is 35.0 Å². The summed E-state index contributed by atoms with van der Waals surface area (Å²) in [5, 5.41) is 0. The molecule has 1 N–H and O–H groups in total. The molecule has 0 bridgehead atoms. The molecule has 0 aliphatic carbocycles. The van der Waals surface area contributed by atoms with Crippen LogP contribution in [-0.2, 0) is 18.3 Å². The number of hydrogen-bond acceptors (Lipinski definition) is 4. The van der Waals surface area contributed by atoms with Crippen LogP contribution in [0.3, 0.4) is 0 Å². The van der Waals surface area contributed by atoms with Crippen molar-refractivity contribution in [2.24, 2.45) is 5.41 Å². The van der Waals surface area contributed by atoms with Crippen LogP contribution < -0.4 is 0 Å². The minimum atomic E-state index is -4.01. The maximum Gasteiger partial charge on any atom is 0.472 e. The van der Waals surface area contributed by atoms with Crippen LogP contribution in [-0.4, -0.2) is 56.9 Å². The number of likely N-dealkylation sites (N-methyl/N-ethyl adjacent to an activating group) is 1. The maximum absolute atomic E-state index is 11.6. The third-order valence-electron chi connectivity index (χ3n) is 3.27. The average Bonchev–Trinajstić information content (AvgIpc) is 2.32. The highest BCUT2D eigenvalue weighted by atomic mass is 31.2. The molecule has 0 saturated carbocycles. The van der Waals surface area contributed by atoms with Gasteiger partial charge in [0, 0.05) is 5.41 Å². The molecule has 0 aliphatic heterocycles. The van der Waals surface area contributed by atoms with Gasteiger partial charge in [-0.25, -0.2) is 4.57 Å². The first-order chi connectivity index (χ1) is 9.40. The van der Waals surface area contributed by atoms with E-state index in [1.54, 1.807) is 0 Å². The van der Waals surface area contributed by atoms with Crippen LogP contribution in [0.5, 0.6) is 0 Å². The number of rotatable bonds is 11. The Morgan fingerprint density at radius 2 is 1.71 bits per heavy atom. The molecule has 6 nitrogen and oxygen atoms in total. The Kier molecular flexibility index (Phi) is 8.14. The molecule has 0 aliphatic rings. The van der Waals surface area contributed by atoms with Gasteiger partial charge < -0.3 is 14.1 Å². The summed E-state index contributed by atoms with van der Waals surface area (Å²) in [5.74, 6) is 0.646. The number of nitrogens with zero attached hydrogens (tertiary/aromatic N) is 1. The van der Waals surface area contributed by atoms with Crippen LogP contribution >= 0.6 is 7.82 Å². The zero-order valence-corrected chi connectivity index (χ0v) is 15.1. The minimum Gasteiger partial charge on any atom is -0.496 e. The normalized spacial score (nSPS) is 15.6. The van der Waals surface area contributed by atoms with E-state index in [0.717, 1.165) is 6.42 Å². The third kappa shape index (κ3) is 10.0. The second-order valence-corrected chi connectivity index (χ2v) is 8.11. The topological polar surface area (TPSA) is 65.0 Å². The molecule has 0 spiro atoms. The summed E-state index contributed by atoms with van der Waals surface area (Å²) in [5.41, 5.74) is -0.121. The number of allylic oxidation sites excluding steroid dienone is 1. The predicted octanol–water partition coefficient (Wildman–Crippen LogP) is 2.79. The number of quaternary nitrogens is 1. The van der Waals surface area contributed by atoms with Gasteiger partial charge >= 0.3 is 7.82 Å². The molecule has 1 atom stereocenters. The van der Waals surface area contributed by atoms with Gasteiger partial charge in [-0.05, 0) is 6.42 Å². The molecule has 21 heavy (non-hydrogen) atoms. The Labute approximate surface area is 128 Å². The molecule has 0 aromatic carbocycles. The third-order valence-corrected chi connectivity index (χ3v) is 4.29. The quantitative estimate of drug-likeness (QED) is 0.274. The summed E-state index contributed by atoms with van der Waals surface area (Å²) in [6.45, 7) is 10.9. The van der Waals surface area contributed by atoms with E-state index in [2.05, 4.69) is 13.5 Å². The van der Waals surface area contributed by atoms with Gasteiger partial charge in [0.2, 0.25) is 0 Å². The van der Waals surface area contributed by atoms with Gasteiger partial charge in [-0.15, -0.1) is 0 Å². The molecule has 0 radical (unpaired) electrons. The van der Waals surface area contributed by atoms with E-state index < -0.39 is 7.82 Å². The fourth-order valence-corrected chi connectivity index (χ4v) is 1.87. The maximum atomic E-state index is 11.6. The zero-order chi connectivity index (χ0) is 16.7. The lowest BCUT2D eigenvalue weighted by molar-refractivity contribution is -0.870. The van der Waals surface area contributed by atoms with Gasteiger partial charge in [0.1, 0.15) is 19.8 Å². The van der Waals surface area contributed by atoms with Crippen molar-refractivity contribution in [2.45, 2.75) is 27.2 Å². The first-order valence-corrected chi connectivity index (χ1v) is 8.64. The van der Waals surface area contributed by atoms with Crippen molar-refractivity contribution in [2.75, 3.05) is 47.5 Å². The van der Waals surface area contributed by atoms with Gasteiger partial charge in [0.05, 0.1) is 33.5 Å². The second-order valence-electron chi connectivity index (χ2n) is 6.66. The smallest absolute Gasteiger partial charge is 0.472 e.